The quantitative estimate of drug-likeness (QED) is 0.363. The summed E-state index contributed by atoms with van der Waals surface area (Å²) >= 11 is 1.70. The Morgan fingerprint density at radius 2 is 1.92 bits per heavy atom. The molecule has 0 aromatic carbocycles. The Morgan fingerprint density at radius 1 is 1.15 bits per heavy atom. The molecule has 1 aliphatic rings. The van der Waals surface area contributed by atoms with Crippen LogP contribution in [0.3, 0.4) is 0 Å². The molecule has 0 saturated heterocycles. The van der Waals surface area contributed by atoms with Crippen molar-refractivity contribution < 1.29 is 4.74 Å². The number of pyridine rings is 1. The van der Waals surface area contributed by atoms with Crippen LogP contribution in [0.25, 0.3) is 0 Å². The lowest BCUT2D eigenvalue weighted by Crippen LogP contribution is -2.36. The minimum atomic E-state index is 0. The van der Waals surface area contributed by atoms with Gasteiger partial charge in [0.1, 0.15) is 6.10 Å². The molecule has 3 rings (SSSR count). The Bertz CT molecular complexity index is 655. The molecule has 142 valence electrons. The predicted molar refractivity (Wildman–Crippen MR) is 119 cm³/mol. The molecule has 2 heterocycles. The van der Waals surface area contributed by atoms with Crippen molar-refractivity contribution in [2.45, 2.75) is 51.3 Å². The zero-order chi connectivity index (χ0) is 17.3. The van der Waals surface area contributed by atoms with Crippen molar-refractivity contribution in [2.75, 3.05) is 7.05 Å². The number of aliphatic imine (C=N–C) groups is 1. The summed E-state index contributed by atoms with van der Waals surface area (Å²) < 4.78 is 5.97. The van der Waals surface area contributed by atoms with Crippen molar-refractivity contribution in [3.63, 3.8) is 0 Å². The van der Waals surface area contributed by atoms with E-state index in [0.29, 0.717) is 12.6 Å². The number of nitrogens with zero attached hydrogens (tertiary/aromatic N) is 2. The fourth-order valence-electron chi connectivity index (χ4n) is 2.92. The zero-order valence-corrected chi connectivity index (χ0v) is 18.3. The summed E-state index contributed by atoms with van der Waals surface area (Å²) in [5, 5.41) is 10.8. The smallest absolute Gasteiger partial charge is 0.213 e. The first-order valence-corrected chi connectivity index (χ1v) is 9.85. The van der Waals surface area contributed by atoms with Gasteiger partial charge in [-0.25, -0.2) is 4.98 Å². The molecule has 1 fully saturated rings. The van der Waals surface area contributed by atoms with E-state index in [1.807, 2.05) is 12.3 Å². The second kappa shape index (κ2) is 11.4. The van der Waals surface area contributed by atoms with Crippen LogP contribution in [-0.4, -0.2) is 24.1 Å². The van der Waals surface area contributed by atoms with E-state index in [9.17, 15) is 0 Å². The molecular weight excluding hydrogens is 459 g/mol. The number of aromatic nitrogens is 1. The lowest BCUT2D eigenvalue weighted by molar-refractivity contribution is 0.148. The van der Waals surface area contributed by atoms with Gasteiger partial charge in [-0.3, -0.25) is 4.99 Å². The van der Waals surface area contributed by atoms with Gasteiger partial charge in [-0.05, 0) is 53.6 Å². The third-order valence-corrected chi connectivity index (χ3v) is 5.09. The Labute approximate surface area is 176 Å². The average Bonchev–Trinajstić information content (AvgIpc) is 3.18. The Kier molecular flexibility index (Phi) is 9.17. The first-order chi connectivity index (χ1) is 12.3. The molecule has 2 N–H and O–H groups in total. The highest BCUT2D eigenvalue weighted by atomic mass is 127. The summed E-state index contributed by atoms with van der Waals surface area (Å²) in [6.45, 7) is 1.45. The van der Waals surface area contributed by atoms with Crippen LogP contribution in [0.4, 0.5) is 0 Å². The van der Waals surface area contributed by atoms with E-state index in [0.717, 1.165) is 36.8 Å². The summed E-state index contributed by atoms with van der Waals surface area (Å²) in [5.41, 5.74) is 2.37. The highest BCUT2D eigenvalue weighted by molar-refractivity contribution is 14.0. The molecule has 0 amide bonds. The fourth-order valence-corrected chi connectivity index (χ4v) is 3.59. The summed E-state index contributed by atoms with van der Waals surface area (Å²) in [5.74, 6) is 1.52. The fraction of sp³-hybridized carbons (Fsp3) is 0.474. The number of ether oxygens (including phenoxy) is 1. The van der Waals surface area contributed by atoms with Crippen molar-refractivity contribution in [1.82, 2.24) is 15.6 Å². The Balaban J connectivity index is 0.00000243. The van der Waals surface area contributed by atoms with Crippen LogP contribution in [0, 0.1) is 0 Å². The van der Waals surface area contributed by atoms with Crippen LogP contribution in [0.15, 0.2) is 40.1 Å². The van der Waals surface area contributed by atoms with Crippen molar-refractivity contribution >= 4 is 41.3 Å². The van der Waals surface area contributed by atoms with Crippen molar-refractivity contribution in [3.8, 4) is 5.88 Å². The van der Waals surface area contributed by atoms with Gasteiger partial charge in [-0.1, -0.05) is 12.5 Å². The Hall–Kier alpha value is -1.35. The summed E-state index contributed by atoms with van der Waals surface area (Å²) in [7, 11) is 1.78. The number of hydrogen-bond acceptors (Lipinski definition) is 4. The topological polar surface area (TPSA) is 58.5 Å². The summed E-state index contributed by atoms with van der Waals surface area (Å²) in [6, 6.07) is 6.14. The lowest BCUT2D eigenvalue weighted by Gasteiger charge is -2.22. The molecule has 0 aliphatic heterocycles. The monoisotopic (exact) mass is 486 g/mol. The number of thiophene rings is 1. The van der Waals surface area contributed by atoms with E-state index in [2.05, 4.69) is 43.5 Å². The van der Waals surface area contributed by atoms with Crippen LogP contribution in [0.5, 0.6) is 5.88 Å². The summed E-state index contributed by atoms with van der Waals surface area (Å²) in [6.07, 6.45) is 8.38. The number of hydrogen-bond donors (Lipinski definition) is 2. The molecule has 26 heavy (non-hydrogen) atoms. The number of rotatable bonds is 6. The van der Waals surface area contributed by atoms with Crippen molar-refractivity contribution in [1.29, 1.82) is 0 Å². The number of nitrogens with one attached hydrogen (secondary N) is 2. The minimum Gasteiger partial charge on any atom is -0.474 e. The first kappa shape index (κ1) is 21.0. The van der Waals surface area contributed by atoms with E-state index < -0.39 is 0 Å². The summed E-state index contributed by atoms with van der Waals surface area (Å²) in [4.78, 5) is 8.69. The van der Waals surface area contributed by atoms with Gasteiger partial charge < -0.3 is 15.4 Å². The van der Waals surface area contributed by atoms with Gasteiger partial charge in [0.2, 0.25) is 5.88 Å². The largest absolute Gasteiger partial charge is 0.474 e. The maximum atomic E-state index is 5.97. The number of halogens is 1. The normalized spacial score (nSPS) is 15.2. The van der Waals surface area contributed by atoms with E-state index in [1.165, 1.54) is 24.8 Å². The Morgan fingerprint density at radius 3 is 2.54 bits per heavy atom. The van der Waals surface area contributed by atoms with E-state index >= 15 is 0 Å². The average molecular weight is 486 g/mol. The van der Waals surface area contributed by atoms with Gasteiger partial charge in [0.25, 0.3) is 0 Å². The second-order valence-electron chi connectivity index (χ2n) is 6.29. The van der Waals surface area contributed by atoms with Crippen LogP contribution in [0.1, 0.15) is 43.2 Å². The SMILES string of the molecule is CN=C(NCc1ccc(OC2CCCCC2)nc1)NCc1ccsc1.I. The van der Waals surface area contributed by atoms with E-state index in [4.69, 9.17) is 4.74 Å². The van der Waals surface area contributed by atoms with Crippen molar-refractivity contribution in [2.24, 2.45) is 4.99 Å². The van der Waals surface area contributed by atoms with Crippen LogP contribution in [-0.2, 0) is 13.1 Å². The second-order valence-corrected chi connectivity index (χ2v) is 7.07. The first-order valence-electron chi connectivity index (χ1n) is 8.90. The van der Waals surface area contributed by atoms with Gasteiger partial charge in [0, 0.05) is 32.4 Å². The maximum absolute atomic E-state index is 5.97. The van der Waals surface area contributed by atoms with E-state index in [-0.39, 0.29) is 24.0 Å². The minimum absolute atomic E-state index is 0. The van der Waals surface area contributed by atoms with Crippen LogP contribution in [0.2, 0.25) is 0 Å². The highest BCUT2D eigenvalue weighted by Crippen LogP contribution is 2.22. The molecule has 1 saturated carbocycles. The van der Waals surface area contributed by atoms with Gasteiger partial charge in [0.05, 0.1) is 0 Å². The van der Waals surface area contributed by atoms with Crippen molar-refractivity contribution in [3.05, 3.63) is 46.3 Å². The zero-order valence-electron chi connectivity index (χ0n) is 15.1. The molecular formula is C19H27IN4OS. The molecule has 2 aromatic rings. The molecule has 0 unspecified atom stereocenters. The molecule has 2 aromatic heterocycles. The molecule has 0 radical (unpaired) electrons. The van der Waals surface area contributed by atoms with E-state index in [1.54, 1.807) is 18.4 Å². The molecule has 0 atom stereocenters. The van der Waals surface area contributed by atoms with Gasteiger partial charge in [-0.2, -0.15) is 11.3 Å². The standard InChI is InChI=1S/C19H26N4OS.HI/c1-20-19(23-13-16-9-10-25-14-16)22-12-15-7-8-18(21-11-15)24-17-5-3-2-4-6-17;/h7-11,14,17H,2-6,12-13H2,1H3,(H2,20,22,23);1H. The predicted octanol–water partition coefficient (Wildman–Crippen LogP) is 4.34. The van der Waals surface area contributed by atoms with Gasteiger partial charge in [-0.15, -0.1) is 24.0 Å². The molecule has 0 bridgehead atoms. The molecule has 7 heteroatoms. The number of guanidine groups is 1. The third-order valence-electron chi connectivity index (χ3n) is 4.36. The van der Waals surface area contributed by atoms with Crippen LogP contribution >= 0.6 is 35.3 Å². The van der Waals surface area contributed by atoms with Gasteiger partial charge in [0.15, 0.2) is 5.96 Å². The maximum Gasteiger partial charge on any atom is 0.213 e. The molecule has 5 nitrogen and oxygen atoms in total. The lowest BCUT2D eigenvalue weighted by atomic mass is 9.98. The van der Waals surface area contributed by atoms with Gasteiger partial charge >= 0.3 is 0 Å². The third kappa shape index (κ3) is 6.75. The highest BCUT2D eigenvalue weighted by Gasteiger charge is 2.15. The molecule has 0 spiro atoms. The molecule has 1 aliphatic carbocycles. The van der Waals surface area contributed by atoms with Crippen LogP contribution < -0.4 is 15.4 Å².